The Hall–Kier alpha value is -3.81. The van der Waals surface area contributed by atoms with Gasteiger partial charge in [-0.05, 0) is 39.0 Å². The van der Waals surface area contributed by atoms with E-state index in [2.05, 4.69) is 26.0 Å². The molecular weight excluding hydrogens is 370 g/mol. The Kier molecular flexibility index (Phi) is 6.13. The number of aryl methyl sites for hydroxylation is 2. The Morgan fingerprint density at radius 1 is 1.07 bits per heavy atom. The molecular formula is C21H21N5O3. The summed E-state index contributed by atoms with van der Waals surface area (Å²) in [6, 6.07) is 14.8. The summed E-state index contributed by atoms with van der Waals surface area (Å²) >= 11 is 0. The van der Waals surface area contributed by atoms with Gasteiger partial charge in [0.2, 0.25) is 11.7 Å². The van der Waals surface area contributed by atoms with Crippen LogP contribution in [0.2, 0.25) is 0 Å². The lowest BCUT2D eigenvalue weighted by molar-refractivity contribution is -0.115. The normalized spacial score (nSPS) is 11.2. The van der Waals surface area contributed by atoms with Crippen LogP contribution in [0.3, 0.4) is 0 Å². The Morgan fingerprint density at radius 3 is 2.55 bits per heavy atom. The van der Waals surface area contributed by atoms with Gasteiger partial charge in [0.1, 0.15) is 5.71 Å². The summed E-state index contributed by atoms with van der Waals surface area (Å²) in [4.78, 5) is 28.5. The van der Waals surface area contributed by atoms with Crippen molar-refractivity contribution in [3.8, 4) is 11.4 Å². The van der Waals surface area contributed by atoms with Gasteiger partial charge in [-0.25, -0.2) is 5.43 Å². The first-order valence-corrected chi connectivity index (χ1v) is 9.01. The molecule has 0 spiro atoms. The zero-order chi connectivity index (χ0) is 20.8. The SMILES string of the molecule is C/C(=N\NC(=O)c1ccc(C)cc1)C(=O)NCc1nc(-c2cccc(C)c2)no1. The Bertz CT molecular complexity index is 1050. The molecule has 0 fully saturated rings. The van der Waals surface area contributed by atoms with Gasteiger partial charge in [0.15, 0.2) is 0 Å². The molecule has 2 amide bonds. The fourth-order valence-corrected chi connectivity index (χ4v) is 2.47. The number of amides is 2. The van der Waals surface area contributed by atoms with Crippen LogP contribution in [-0.4, -0.2) is 27.7 Å². The highest BCUT2D eigenvalue weighted by molar-refractivity contribution is 6.37. The molecule has 0 bridgehead atoms. The topological polar surface area (TPSA) is 109 Å². The molecule has 148 valence electrons. The number of carbonyl (C=O) groups excluding carboxylic acids is 2. The third kappa shape index (κ3) is 5.35. The Balaban J connectivity index is 1.54. The van der Waals surface area contributed by atoms with Gasteiger partial charge in [-0.2, -0.15) is 10.1 Å². The van der Waals surface area contributed by atoms with Crippen molar-refractivity contribution in [2.45, 2.75) is 27.3 Å². The maximum absolute atomic E-state index is 12.1. The van der Waals surface area contributed by atoms with Crippen LogP contribution in [0.4, 0.5) is 0 Å². The molecule has 29 heavy (non-hydrogen) atoms. The summed E-state index contributed by atoms with van der Waals surface area (Å²) in [5.41, 5.74) is 5.90. The fraction of sp³-hybridized carbons (Fsp3) is 0.190. The van der Waals surface area contributed by atoms with Crippen LogP contribution >= 0.6 is 0 Å². The molecule has 0 aliphatic rings. The third-order valence-corrected chi connectivity index (χ3v) is 4.11. The lowest BCUT2D eigenvalue weighted by Gasteiger charge is -2.03. The number of hydrogen-bond acceptors (Lipinski definition) is 6. The van der Waals surface area contributed by atoms with E-state index < -0.39 is 11.8 Å². The second kappa shape index (κ2) is 8.92. The summed E-state index contributed by atoms with van der Waals surface area (Å²) in [7, 11) is 0. The number of rotatable bonds is 6. The standard InChI is InChI=1S/C21H21N5O3/c1-13-7-9-16(10-8-13)21(28)25-24-15(3)20(27)22-12-18-23-19(26-29-18)17-6-4-5-14(2)11-17/h4-11H,12H2,1-3H3,(H,22,27)(H,25,28)/b24-15+. The predicted octanol–water partition coefficient (Wildman–Crippen LogP) is 2.78. The van der Waals surface area contributed by atoms with Crippen LogP contribution < -0.4 is 10.7 Å². The molecule has 2 N–H and O–H groups in total. The molecule has 0 unspecified atom stereocenters. The van der Waals surface area contributed by atoms with Gasteiger partial charge in [0.05, 0.1) is 6.54 Å². The van der Waals surface area contributed by atoms with Gasteiger partial charge in [0, 0.05) is 11.1 Å². The molecule has 0 atom stereocenters. The monoisotopic (exact) mass is 391 g/mol. The molecule has 0 aliphatic heterocycles. The molecule has 0 saturated carbocycles. The van der Waals surface area contributed by atoms with Crippen molar-refractivity contribution in [3.05, 3.63) is 71.1 Å². The van der Waals surface area contributed by atoms with E-state index in [-0.39, 0.29) is 18.1 Å². The van der Waals surface area contributed by atoms with E-state index in [0.717, 1.165) is 16.7 Å². The maximum atomic E-state index is 12.1. The average molecular weight is 391 g/mol. The van der Waals surface area contributed by atoms with E-state index in [9.17, 15) is 9.59 Å². The number of aromatic nitrogens is 2. The minimum Gasteiger partial charge on any atom is -0.342 e. The molecule has 1 aromatic heterocycles. The highest BCUT2D eigenvalue weighted by Crippen LogP contribution is 2.16. The van der Waals surface area contributed by atoms with Crippen molar-refractivity contribution in [1.82, 2.24) is 20.9 Å². The van der Waals surface area contributed by atoms with Gasteiger partial charge >= 0.3 is 0 Å². The van der Waals surface area contributed by atoms with Gasteiger partial charge < -0.3 is 9.84 Å². The van der Waals surface area contributed by atoms with E-state index in [0.29, 0.717) is 11.4 Å². The van der Waals surface area contributed by atoms with Gasteiger partial charge in [-0.15, -0.1) is 0 Å². The van der Waals surface area contributed by atoms with E-state index in [1.54, 1.807) is 12.1 Å². The molecule has 0 radical (unpaired) electrons. The Labute approximate surface area is 168 Å². The van der Waals surface area contributed by atoms with E-state index >= 15 is 0 Å². The van der Waals surface area contributed by atoms with E-state index in [1.807, 2.05) is 50.2 Å². The Morgan fingerprint density at radius 2 is 1.83 bits per heavy atom. The van der Waals surface area contributed by atoms with Crippen molar-refractivity contribution in [3.63, 3.8) is 0 Å². The van der Waals surface area contributed by atoms with Gasteiger partial charge in [0.25, 0.3) is 11.8 Å². The van der Waals surface area contributed by atoms with Crippen LogP contribution in [0.5, 0.6) is 0 Å². The third-order valence-electron chi connectivity index (χ3n) is 4.11. The largest absolute Gasteiger partial charge is 0.342 e. The first-order valence-electron chi connectivity index (χ1n) is 9.01. The molecule has 8 heteroatoms. The lowest BCUT2D eigenvalue weighted by atomic mass is 10.1. The summed E-state index contributed by atoms with van der Waals surface area (Å²) in [6.07, 6.45) is 0. The van der Waals surface area contributed by atoms with Crippen molar-refractivity contribution in [2.75, 3.05) is 0 Å². The van der Waals surface area contributed by atoms with Crippen LogP contribution in [0.15, 0.2) is 58.2 Å². The summed E-state index contributed by atoms with van der Waals surface area (Å²) in [5, 5.41) is 10.4. The number of benzene rings is 2. The highest BCUT2D eigenvalue weighted by atomic mass is 16.5. The van der Waals surface area contributed by atoms with E-state index in [1.165, 1.54) is 6.92 Å². The maximum Gasteiger partial charge on any atom is 0.271 e. The summed E-state index contributed by atoms with van der Waals surface area (Å²) < 4.78 is 5.17. The number of hydrazone groups is 1. The average Bonchev–Trinajstić information content (AvgIpc) is 3.19. The number of hydrogen-bond donors (Lipinski definition) is 2. The molecule has 1 heterocycles. The van der Waals surface area contributed by atoms with Crippen LogP contribution in [0.1, 0.15) is 34.3 Å². The van der Waals surface area contributed by atoms with Crippen molar-refractivity contribution in [1.29, 1.82) is 0 Å². The summed E-state index contributed by atoms with van der Waals surface area (Å²) in [6.45, 7) is 5.46. The zero-order valence-electron chi connectivity index (χ0n) is 16.4. The molecule has 2 aromatic carbocycles. The second-order valence-corrected chi connectivity index (χ2v) is 6.57. The first-order chi connectivity index (χ1) is 13.9. The second-order valence-electron chi connectivity index (χ2n) is 6.57. The molecule has 0 aliphatic carbocycles. The van der Waals surface area contributed by atoms with Crippen LogP contribution in [-0.2, 0) is 11.3 Å². The van der Waals surface area contributed by atoms with Crippen molar-refractivity contribution < 1.29 is 14.1 Å². The van der Waals surface area contributed by atoms with Gasteiger partial charge in [-0.3, -0.25) is 9.59 Å². The number of nitrogens with zero attached hydrogens (tertiary/aromatic N) is 3. The quantitative estimate of drug-likeness (QED) is 0.496. The van der Waals surface area contributed by atoms with Crippen LogP contribution in [0, 0.1) is 13.8 Å². The van der Waals surface area contributed by atoms with Crippen molar-refractivity contribution >= 4 is 17.5 Å². The minimum atomic E-state index is -0.454. The molecule has 0 saturated heterocycles. The molecule has 3 rings (SSSR count). The van der Waals surface area contributed by atoms with Gasteiger partial charge in [-0.1, -0.05) is 46.6 Å². The van der Waals surface area contributed by atoms with Crippen LogP contribution in [0.25, 0.3) is 11.4 Å². The fourth-order valence-electron chi connectivity index (χ4n) is 2.47. The molecule has 3 aromatic rings. The number of carbonyl (C=O) groups is 2. The first kappa shape index (κ1) is 19.9. The minimum absolute atomic E-state index is 0.0520. The zero-order valence-corrected chi connectivity index (χ0v) is 16.4. The summed E-state index contributed by atoms with van der Waals surface area (Å²) in [5.74, 6) is -0.124. The van der Waals surface area contributed by atoms with Crippen molar-refractivity contribution in [2.24, 2.45) is 5.10 Å². The molecule has 8 nitrogen and oxygen atoms in total. The smallest absolute Gasteiger partial charge is 0.271 e. The number of nitrogens with one attached hydrogen (secondary N) is 2. The lowest BCUT2D eigenvalue weighted by Crippen LogP contribution is -2.31. The predicted molar refractivity (Wildman–Crippen MR) is 108 cm³/mol. The highest BCUT2D eigenvalue weighted by Gasteiger charge is 2.12. The van der Waals surface area contributed by atoms with E-state index in [4.69, 9.17) is 4.52 Å².